The topological polar surface area (TPSA) is 9.23 Å². The van der Waals surface area contributed by atoms with Crippen LogP contribution in [0.15, 0.2) is 58.7 Å². The van der Waals surface area contributed by atoms with Gasteiger partial charge in [-0.1, -0.05) is 37.3 Å². The van der Waals surface area contributed by atoms with Gasteiger partial charge in [0.15, 0.2) is 36.3 Å². The molecule has 1 aromatic carbocycles. The van der Waals surface area contributed by atoms with E-state index >= 15 is 8.78 Å². The smallest absolute Gasteiger partial charge is 0.200 e. The second-order valence-electron chi connectivity index (χ2n) is 9.65. The molecular formula is C28H30F6O. The van der Waals surface area contributed by atoms with E-state index in [0.717, 1.165) is 0 Å². The fourth-order valence-electron chi connectivity index (χ4n) is 5.22. The van der Waals surface area contributed by atoms with Crippen molar-refractivity contribution < 1.29 is 31.1 Å². The molecule has 0 aromatic heterocycles. The molecule has 1 nitrogen and oxygen atoms in total. The van der Waals surface area contributed by atoms with Crippen LogP contribution in [0.4, 0.5) is 26.3 Å². The molecule has 4 unspecified atom stereocenters. The molecule has 35 heavy (non-hydrogen) atoms. The van der Waals surface area contributed by atoms with Crippen LogP contribution in [0.5, 0.6) is 5.75 Å². The summed E-state index contributed by atoms with van der Waals surface area (Å²) < 4.78 is 92.4. The first kappa shape index (κ1) is 25.6. The van der Waals surface area contributed by atoms with Crippen molar-refractivity contribution in [1.29, 1.82) is 0 Å². The van der Waals surface area contributed by atoms with Crippen molar-refractivity contribution in [3.05, 3.63) is 75.9 Å². The Morgan fingerprint density at radius 2 is 1.40 bits per heavy atom. The van der Waals surface area contributed by atoms with Gasteiger partial charge in [0.05, 0.1) is 6.61 Å². The van der Waals surface area contributed by atoms with Crippen molar-refractivity contribution in [2.24, 2.45) is 11.8 Å². The molecule has 3 aliphatic carbocycles. The fraction of sp³-hybridized carbons (Fsp3) is 0.500. The number of allylic oxidation sites excluding steroid dienone is 8. The van der Waals surface area contributed by atoms with Gasteiger partial charge < -0.3 is 4.74 Å². The number of alkyl halides is 4. The lowest BCUT2D eigenvalue weighted by molar-refractivity contribution is 0.163. The van der Waals surface area contributed by atoms with E-state index in [-0.39, 0.29) is 40.9 Å². The zero-order valence-corrected chi connectivity index (χ0v) is 19.8. The largest absolute Gasteiger partial charge is 0.490 e. The number of benzene rings is 1. The lowest BCUT2D eigenvalue weighted by Crippen LogP contribution is -2.34. The zero-order valence-electron chi connectivity index (χ0n) is 19.8. The molecule has 1 fully saturated rings. The van der Waals surface area contributed by atoms with E-state index in [1.807, 2.05) is 0 Å². The highest BCUT2D eigenvalue weighted by Crippen LogP contribution is 2.42. The van der Waals surface area contributed by atoms with E-state index in [1.165, 1.54) is 43.4 Å². The Morgan fingerprint density at radius 3 is 2.06 bits per heavy atom. The molecule has 3 aliphatic rings. The lowest BCUT2D eigenvalue weighted by Gasteiger charge is -2.35. The summed E-state index contributed by atoms with van der Waals surface area (Å²) >= 11 is 0. The first-order valence-corrected chi connectivity index (χ1v) is 12.2. The quantitative estimate of drug-likeness (QED) is 0.363. The SMILES string of the molecule is CCC1=CC=C(C2=CC=C(C3CCC(COc4ccc(C)c(F)c4F)CC3)C(F)C2F)C(F)C1F. The van der Waals surface area contributed by atoms with Gasteiger partial charge in [0.2, 0.25) is 5.82 Å². The minimum absolute atomic E-state index is 0.0882. The Bertz CT molecular complexity index is 1060. The summed E-state index contributed by atoms with van der Waals surface area (Å²) in [6, 6.07) is 2.86. The van der Waals surface area contributed by atoms with Crippen molar-refractivity contribution in [2.45, 2.75) is 70.6 Å². The van der Waals surface area contributed by atoms with Crippen LogP contribution in [0.3, 0.4) is 0 Å². The van der Waals surface area contributed by atoms with Gasteiger partial charge in [-0.15, -0.1) is 0 Å². The van der Waals surface area contributed by atoms with Gasteiger partial charge in [-0.2, -0.15) is 4.39 Å². The van der Waals surface area contributed by atoms with Gasteiger partial charge in [-0.3, -0.25) is 0 Å². The number of hydrogen-bond donors (Lipinski definition) is 0. The van der Waals surface area contributed by atoms with Gasteiger partial charge >= 0.3 is 0 Å². The van der Waals surface area contributed by atoms with Crippen molar-refractivity contribution >= 4 is 0 Å². The van der Waals surface area contributed by atoms with Crippen molar-refractivity contribution in [2.75, 3.05) is 6.61 Å². The average Bonchev–Trinajstić information content (AvgIpc) is 2.86. The molecule has 1 aromatic rings. The minimum atomic E-state index is -2.05. The highest BCUT2D eigenvalue weighted by molar-refractivity contribution is 5.50. The maximum Gasteiger partial charge on any atom is 0.200 e. The number of halogens is 6. The summed E-state index contributed by atoms with van der Waals surface area (Å²) in [7, 11) is 0. The third-order valence-corrected chi connectivity index (χ3v) is 7.49. The predicted octanol–water partition coefficient (Wildman–Crippen LogP) is 7.95. The van der Waals surface area contributed by atoms with Crippen LogP contribution in [0.2, 0.25) is 0 Å². The average molecular weight is 497 g/mol. The molecule has 4 rings (SSSR count). The maximum atomic E-state index is 15.1. The normalized spacial score (nSPS) is 31.3. The molecule has 0 saturated heterocycles. The third kappa shape index (κ3) is 5.10. The minimum Gasteiger partial charge on any atom is -0.490 e. The summed E-state index contributed by atoms with van der Waals surface area (Å²) in [5.41, 5.74) is 0.560. The van der Waals surface area contributed by atoms with E-state index in [0.29, 0.717) is 43.3 Å². The maximum absolute atomic E-state index is 15.1. The molecule has 1 saturated carbocycles. The fourth-order valence-corrected chi connectivity index (χ4v) is 5.22. The molecule has 0 bridgehead atoms. The Labute approximate surface area is 202 Å². The summed E-state index contributed by atoms with van der Waals surface area (Å²) in [6.07, 6.45) is 0.782. The molecular weight excluding hydrogens is 466 g/mol. The molecule has 0 spiro atoms. The van der Waals surface area contributed by atoms with E-state index in [9.17, 15) is 17.6 Å². The summed E-state index contributed by atoms with van der Waals surface area (Å²) in [5.74, 6) is -2.15. The van der Waals surface area contributed by atoms with Crippen LogP contribution in [-0.2, 0) is 0 Å². The number of rotatable bonds is 6. The number of aryl methyl sites for hydroxylation is 1. The standard InChI is InChI=1S/C28H30F6O/c1-3-17-9-10-20(26(32)24(17)30)21-12-11-19(25(31)27(21)33)18-7-5-16(6-8-18)14-35-22-13-4-15(2)23(29)28(22)34/h4,9-13,16,18,24-27H,3,5-8,14H2,1-2H3. The lowest BCUT2D eigenvalue weighted by atomic mass is 9.74. The second-order valence-corrected chi connectivity index (χ2v) is 9.65. The number of ether oxygens (including phenoxy) is 1. The monoisotopic (exact) mass is 496 g/mol. The van der Waals surface area contributed by atoms with Crippen LogP contribution in [0.1, 0.15) is 44.6 Å². The van der Waals surface area contributed by atoms with Crippen LogP contribution >= 0.6 is 0 Å². The highest BCUT2D eigenvalue weighted by Gasteiger charge is 2.40. The van der Waals surface area contributed by atoms with Crippen LogP contribution in [0, 0.1) is 30.4 Å². The summed E-state index contributed by atoms with van der Waals surface area (Å²) in [4.78, 5) is 0. The Kier molecular flexibility index (Phi) is 7.82. The van der Waals surface area contributed by atoms with Crippen molar-refractivity contribution in [1.82, 2.24) is 0 Å². The molecule has 0 heterocycles. The summed E-state index contributed by atoms with van der Waals surface area (Å²) in [6.45, 7) is 3.40. The molecule has 190 valence electrons. The molecule has 0 amide bonds. The third-order valence-electron chi connectivity index (χ3n) is 7.49. The molecule has 0 radical (unpaired) electrons. The van der Waals surface area contributed by atoms with Gasteiger partial charge in [0.25, 0.3) is 0 Å². The Hall–Kier alpha value is -2.44. The first-order valence-electron chi connectivity index (χ1n) is 12.2. The van der Waals surface area contributed by atoms with Crippen LogP contribution < -0.4 is 4.74 Å². The van der Waals surface area contributed by atoms with Gasteiger partial charge in [0, 0.05) is 0 Å². The predicted molar refractivity (Wildman–Crippen MR) is 124 cm³/mol. The zero-order chi connectivity index (χ0) is 25.3. The highest BCUT2D eigenvalue weighted by atomic mass is 19.2. The van der Waals surface area contributed by atoms with E-state index in [2.05, 4.69) is 0 Å². The van der Waals surface area contributed by atoms with E-state index in [4.69, 9.17) is 4.74 Å². The van der Waals surface area contributed by atoms with Crippen LogP contribution in [-0.4, -0.2) is 31.3 Å². The van der Waals surface area contributed by atoms with E-state index < -0.39 is 36.3 Å². The van der Waals surface area contributed by atoms with Gasteiger partial charge in [-0.05, 0) is 84.8 Å². The van der Waals surface area contributed by atoms with Gasteiger partial charge in [0.1, 0.15) is 0 Å². The van der Waals surface area contributed by atoms with Crippen LogP contribution in [0.25, 0.3) is 0 Å². The summed E-state index contributed by atoms with van der Waals surface area (Å²) in [5, 5.41) is 0. The molecule has 4 atom stereocenters. The second kappa shape index (κ2) is 10.7. The van der Waals surface area contributed by atoms with Crippen molar-refractivity contribution in [3.63, 3.8) is 0 Å². The Balaban J connectivity index is 1.39. The number of hydrogen-bond acceptors (Lipinski definition) is 1. The Morgan fingerprint density at radius 1 is 0.771 bits per heavy atom. The van der Waals surface area contributed by atoms with Crippen molar-refractivity contribution in [3.8, 4) is 5.75 Å². The molecule has 7 heteroatoms. The first-order chi connectivity index (χ1) is 16.7. The molecule has 0 aliphatic heterocycles. The van der Waals surface area contributed by atoms with E-state index in [1.54, 1.807) is 6.92 Å². The molecule has 0 N–H and O–H groups in total. The van der Waals surface area contributed by atoms with Gasteiger partial charge in [-0.25, -0.2) is 22.0 Å².